The molecular formula is C24H24N2O3. The van der Waals surface area contributed by atoms with Crippen LogP contribution in [0.3, 0.4) is 0 Å². The van der Waals surface area contributed by atoms with Gasteiger partial charge in [0.2, 0.25) is 5.75 Å². The highest BCUT2D eigenvalue weighted by Crippen LogP contribution is 2.38. The van der Waals surface area contributed by atoms with Crippen LogP contribution in [0.5, 0.6) is 17.2 Å². The zero-order chi connectivity index (χ0) is 20.6. The molecule has 3 aromatic rings. The number of rotatable bonds is 7. The van der Waals surface area contributed by atoms with Gasteiger partial charge in [-0.2, -0.15) is 5.10 Å². The predicted octanol–water partition coefficient (Wildman–Crippen LogP) is 4.97. The third-order valence-electron chi connectivity index (χ3n) is 4.48. The SMILES string of the molecule is COc1cc(/C(C)=N/N=C(c2ccccc2)c2ccccc2)cc(OC)c1OC. The van der Waals surface area contributed by atoms with Crippen molar-refractivity contribution in [3.8, 4) is 17.2 Å². The molecule has 0 N–H and O–H groups in total. The van der Waals surface area contributed by atoms with Crippen molar-refractivity contribution in [1.29, 1.82) is 0 Å². The van der Waals surface area contributed by atoms with E-state index in [0.717, 1.165) is 28.1 Å². The van der Waals surface area contributed by atoms with Gasteiger partial charge in [0.25, 0.3) is 0 Å². The van der Waals surface area contributed by atoms with E-state index in [0.29, 0.717) is 17.2 Å². The summed E-state index contributed by atoms with van der Waals surface area (Å²) in [6, 6.07) is 23.7. The fourth-order valence-corrected chi connectivity index (χ4v) is 2.95. The van der Waals surface area contributed by atoms with Gasteiger partial charge in [0, 0.05) is 16.7 Å². The second-order valence-corrected chi connectivity index (χ2v) is 6.28. The number of benzene rings is 3. The van der Waals surface area contributed by atoms with Crippen molar-refractivity contribution in [3.63, 3.8) is 0 Å². The van der Waals surface area contributed by atoms with Gasteiger partial charge >= 0.3 is 0 Å². The minimum atomic E-state index is 0.546. The molecule has 0 atom stereocenters. The summed E-state index contributed by atoms with van der Waals surface area (Å²) >= 11 is 0. The molecule has 0 heterocycles. The first-order chi connectivity index (χ1) is 14.2. The Morgan fingerprint density at radius 3 is 1.52 bits per heavy atom. The van der Waals surface area contributed by atoms with Crippen LogP contribution in [-0.2, 0) is 0 Å². The molecule has 3 rings (SSSR count). The fraction of sp³-hybridized carbons (Fsp3) is 0.167. The monoisotopic (exact) mass is 388 g/mol. The normalized spacial score (nSPS) is 11.0. The highest BCUT2D eigenvalue weighted by atomic mass is 16.5. The van der Waals surface area contributed by atoms with E-state index in [-0.39, 0.29) is 0 Å². The van der Waals surface area contributed by atoms with E-state index in [9.17, 15) is 0 Å². The van der Waals surface area contributed by atoms with E-state index < -0.39 is 0 Å². The van der Waals surface area contributed by atoms with Crippen molar-refractivity contribution in [2.24, 2.45) is 10.2 Å². The van der Waals surface area contributed by atoms with Gasteiger partial charge in [-0.15, -0.1) is 5.10 Å². The summed E-state index contributed by atoms with van der Waals surface area (Å²) in [4.78, 5) is 0. The molecule has 0 aliphatic heterocycles. The van der Waals surface area contributed by atoms with Crippen molar-refractivity contribution in [1.82, 2.24) is 0 Å². The maximum Gasteiger partial charge on any atom is 0.203 e. The number of hydrogen-bond donors (Lipinski definition) is 0. The standard InChI is InChI=1S/C24H24N2O3/c1-17(20-15-21(27-2)24(29-4)22(16-20)28-3)25-26-23(18-11-7-5-8-12-18)19-13-9-6-10-14-19/h5-16H,1-4H3/b25-17+. The molecule has 0 bridgehead atoms. The second-order valence-electron chi connectivity index (χ2n) is 6.28. The Hall–Kier alpha value is -3.60. The molecule has 0 saturated carbocycles. The smallest absolute Gasteiger partial charge is 0.203 e. The lowest BCUT2D eigenvalue weighted by Gasteiger charge is -2.13. The lowest BCUT2D eigenvalue weighted by molar-refractivity contribution is 0.324. The van der Waals surface area contributed by atoms with Crippen LogP contribution in [0.1, 0.15) is 23.6 Å². The molecule has 0 saturated heterocycles. The minimum Gasteiger partial charge on any atom is -0.493 e. The van der Waals surface area contributed by atoms with E-state index in [1.807, 2.05) is 79.7 Å². The summed E-state index contributed by atoms with van der Waals surface area (Å²) in [5.41, 5.74) is 4.37. The molecule has 0 unspecified atom stereocenters. The van der Waals surface area contributed by atoms with Crippen molar-refractivity contribution < 1.29 is 14.2 Å². The van der Waals surface area contributed by atoms with Crippen molar-refractivity contribution in [2.45, 2.75) is 6.92 Å². The van der Waals surface area contributed by atoms with Crippen molar-refractivity contribution in [3.05, 3.63) is 89.5 Å². The van der Waals surface area contributed by atoms with Crippen LogP contribution in [-0.4, -0.2) is 32.8 Å². The van der Waals surface area contributed by atoms with Crippen LogP contribution < -0.4 is 14.2 Å². The highest BCUT2D eigenvalue weighted by molar-refractivity contribution is 6.13. The summed E-state index contributed by atoms with van der Waals surface area (Å²) < 4.78 is 16.3. The Morgan fingerprint density at radius 1 is 0.621 bits per heavy atom. The van der Waals surface area contributed by atoms with Gasteiger partial charge in [-0.3, -0.25) is 0 Å². The van der Waals surface area contributed by atoms with Crippen molar-refractivity contribution in [2.75, 3.05) is 21.3 Å². The average molecular weight is 388 g/mol. The number of nitrogens with zero attached hydrogens (tertiary/aromatic N) is 2. The van der Waals surface area contributed by atoms with Crippen LogP contribution in [0.2, 0.25) is 0 Å². The van der Waals surface area contributed by atoms with E-state index >= 15 is 0 Å². The minimum absolute atomic E-state index is 0.546. The maximum absolute atomic E-state index is 5.44. The van der Waals surface area contributed by atoms with Gasteiger partial charge in [0.15, 0.2) is 11.5 Å². The zero-order valence-corrected chi connectivity index (χ0v) is 17.0. The molecule has 0 aliphatic carbocycles. The largest absolute Gasteiger partial charge is 0.493 e. The summed E-state index contributed by atoms with van der Waals surface area (Å²) in [6.07, 6.45) is 0. The Bertz CT molecular complexity index is 946. The Morgan fingerprint density at radius 2 is 1.10 bits per heavy atom. The predicted molar refractivity (Wildman–Crippen MR) is 117 cm³/mol. The second kappa shape index (κ2) is 9.55. The fourth-order valence-electron chi connectivity index (χ4n) is 2.95. The molecule has 0 radical (unpaired) electrons. The molecule has 5 nitrogen and oxygen atoms in total. The van der Waals surface area contributed by atoms with Gasteiger partial charge < -0.3 is 14.2 Å². The van der Waals surface area contributed by atoms with E-state index in [2.05, 4.69) is 10.2 Å². The quantitative estimate of drug-likeness (QED) is 0.424. The lowest BCUT2D eigenvalue weighted by atomic mass is 10.0. The Labute approximate surface area is 171 Å². The zero-order valence-electron chi connectivity index (χ0n) is 17.0. The molecule has 0 fully saturated rings. The maximum atomic E-state index is 5.44. The van der Waals surface area contributed by atoms with Crippen LogP contribution in [0.25, 0.3) is 0 Å². The Kier molecular flexibility index (Phi) is 6.63. The van der Waals surface area contributed by atoms with E-state index in [1.54, 1.807) is 21.3 Å². The first-order valence-corrected chi connectivity index (χ1v) is 9.21. The van der Waals surface area contributed by atoms with Crippen LogP contribution in [0, 0.1) is 0 Å². The summed E-state index contributed by atoms with van der Waals surface area (Å²) in [5, 5.41) is 9.09. The van der Waals surface area contributed by atoms with Crippen LogP contribution >= 0.6 is 0 Å². The third kappa shape index (κ3) is 4.63. The van der Waals surface area contributed by atoms with Gasteiger partial charge in [-0.05, 0) is 19.1 Å². The molecule has 148 valence electrons. The van der Waals surface area contributed by atoms with E-state index in [1.165, 1.54) is 0 Å². The lowest BCUT2D eigenvalue weighted by Crippen LogP contribution is -2.04. The van der Waals surface area contributed by atoms with Gasteiger partial charge in [0.1, 0.15) is 5.71 Å². The van der Waals surface area contributed by atoms with Crippen LogP contribution in [0.4, 0.5) is 0 Å². The summed E-state index contributed by atoms with van der Waals surface area (Å²) in [7, 11) is 4.76. The first-order valence-electron chi connectivity index (χ1n) is 9.21. The van der Waals surface area contributed by atoms with Gasteiger partial charge in [-0.1, -0.05) is 60.7 Å². The first kappa shape index (κ1) is 20.1. The molecule has 3 aromatic carbocycles. The van der Waals surface area contributed by atoms with Gasteiger partial charge in [0.05, 0.1) is 27.0 Å². The summed E-state index contributed by atoms with van der Waals surface area (Å²) in [5.74, 6) is 1.70. The average Bonchev–Trinajstić information content (AvgIpc) is 2.79. The van der Waals surface area contributed by atoms with Gasteiger partial charge in [-0.25, -0.2) is 0 Å². The van der Waals surface area contributed by atoms with Crippen molar-refractivity contribution >= 4 is 11.4 Å². The molecule has 0 aliphatic rings. The van der Waals surface area contributed by atoms with E-state index in [4.69, 9.17) is 14.2 Å². The third-order valence-corrected chi connectivity index (χ3v) is 4.48. The molecule has 5 heteroatoms. The topological polar surface area (TPSA) is 52.4 Å². The number of ether oxygens (including phenoxy) is 3. The van der Waals surface area contributed by atoms with Crippen LogP contribution in [0.15, 0.2) is 83.0 Å². The number of hydrogen-bond acceptors (Lipinski definition) is 5. The highest BCUT2D eigenvalue weighted by Gasteiger charge is 2.14. The molecular weight excluding hydrogens is 364 g/mol. The molecule has 0 aromatic heterocycles. The summed E-state index contributed by atoms with van der Waals surface area (Å²) in [6.45, 7) is 1.90. The number of methoxy groups -OCH3 is 3. The Balaban J connectivity index is 2.06. The molecule has 0 amide bonds. The molecule has 0 spiro atoms. The molecule has 29 heavy (non-hydrogen) atoms.